The molecule has 0 saturated heterocycles. The zero-order valence-electron chi connectivity index (χ0n) is 22.3. The third-order valence-electron chi connectivity index (χ3n) is 6.89. The van der Waals surface area contributed by atoms with Gasteiger partial charge in [-0.05, 0) is 48.0 Å². The number of anilines is 1. The van der Waals surface area contributed by atoms with Gasteiger partial charge in [0.15, 0.2) is 0 Å². The molecule has 210 valence electrons. The number of carbonyl (C=O) groups excluding carboxylic acids is 2. The van der Waals surface area contributed by atoms with Crippen LogP contribution in [0, 0.1) is 5.82 Å². The highest BCUT2D eigenvalue weighted by Gasteiger charge is 2.38. The van der Waals surface area contributed by atoms with Crippen molar-refractivity contribution in [2.45, 2.75) is 11.8 Å². The van der Waals surface area contributed by atoms with Crippen molar-refractivity contribution >= 4 is 41.0 Å². The first-order valence-corrected chi connectivity index (χ1v) is 14.7. The van der Waals surface area contributed by atoms with Gasteiger partial charge in [-0.2, -0.15) is 5.10 Å². The molecule has 3 aromatic carbocycles. The number of halogens is 2. The summed E-state index contributed by atoms with van der Waals surface area (Å²) in [5.74, 6) is -0.462. The summed E-state index contributed by atoms with van der Waals surface area (Å²) in [6.07, 6.45) is 1.66. The van der Waals surface area contributed by atoms with Gasteiger partial charge in [-0.15, -0.1) is 11.8 Å². The van der Waals surface area contributed by atoms with Crippen LogP contribution in [-0.2, 0) is 16.1 Å². The molecule has 7 nitrogen and oxygen atoms in total. The Morgan fingerprint density at radius 2 is 1.71 bits per heavy atom. The van der Waals surface area contributed by atoms with Gasteiger partial charge in [0.25, 0.3) is 0 Å². The maximum Gasteiger partial charge on any atom is 0.240 e. The summed E-state index contributed by atoms with van der Waals surface area (Å²) >= 11 is 8.15. The molecule has 0 bridgehead atoms. The second-order valence-electron chi connectivity index (χ2n) is 9.63. The molecule has 0 fully saturated rings. The predicted molar refractivity (Wildman–Crippen MR) is 163 cm³/mol. The molecule has 1 aliphatic rings. The number of carbonyl (C=O) groups is 2. The molecule has 1 N–H and O–H groups in total. The van der Waals surface area contributed by atoms with E-state index >= 15 is 0 Å². The zero-order chi connectivity index (χ0) is 29.1. The second-order valence-corrected chi connectivity index (χ2v) is 11.1. The first-order valence-electron chi connectivity index (χ1n) is 13.3. The topological polar surface area (TPSA) is 80.1 Å². The lowest BCUT2D eigenvalue weighted by molar-refractivity contribution is -0.123. The first-order chi connectivity index (χ1) is 20.5. The number of nitrogens with one attached hydrogen (secondary N) is 1. The number of benzene rings is 3. The summed E-state index contributed by atoms with van der Waals surface area (Å²) in [5, 5.41) is 8.06. The summed E-state index contributed by atoms with van der Waals surface area (Å²) in [5.41, 5.74) is 4.29. The van der Waals surface area contributed by atoms with Crippen LogP contribution in [0.1, 0.15) is 22.1 Å². The summed E-state index contributed by atoms with van der Waals surface area (Å²) in [6, 6.07) is 28.5. The molecule has 2 aromatic heterocycles. The van der Waals surface area contributed by atoms with Gasteiger partial charge in [-0.3, -0.25) is 19.5 Å². The molecule has 0 radical (unpaired) electrons. The monoisotopic (exact) mass is 597 g/mol. The molecule has 42 heavy (non-hydrogen) atoms. The molecule has 1 aliphatic heterocycles. The predicted octanol–water partition coefficient (Wildman–Crippen LogP) is 6.21. The summed E-state index contributed by atoms with van der Waals surface area (Å²) in [4.78, 5) is 32.8. The molecule has 0 spiro atoms. The standard InChI is InChI=1S/C32H25ClFN5O2S/c33-26-12-5-4-11-25(26)31-29-30(21-8-2-1-3-9-21)37-39(24-15-13-22(34)14-16-24)32(29)38(28(41)20-42-31)19-27(40)36-18-23-10-6-7-17-35-23/h1-17,31H,18-20H2,(H,36,40). The van der Waals surface area contributed by atoms with E-state index in [0.29, 0.717) is 27.9 Å². The van der Waals surface area contributed by atoms with Crippen molar-refractivity contribution in [3.05, 3.63) is 131 Å². The quantitative estimate of drug-likeness (QED) is 0.241. The van der Waals surface area contributed by atoms with Crippen LogP contribution in [0.4, 0.5) is 10.2 Å². The average Bonchev–Trinajstić information content (AvgIpc) is 3.34. The number of hydrogen-bond acceptors (Lipinski definition) is 5. The normalized spacial score (nSPS) is 14.8. The van der Waals surface area contributed by atoms with Crippen LogP contribution in [0.25, 0.3) is 16.9 Å². The fourth-order valence-corrected chi connectivity index (χ4v) is 6.46. The number of nitrogens with zero attached hydrogens (tertiary/aromatic N) is 4. The van der Waals surface area contributed by atoms with E-state index in [1.165, 1.54) is 28.8 Å². The van der Waals surface area contributed by atoms with Crippen molar-refractivity contribution in [1.82, 2.24) is 20.1 Å². The SMILES string of the molecule is O=C(CN1C(=O)CSC(c2ccccc2Cl)c2c(-c3ccccc3)nn(-c3ccc(F)cc3)c21)NCc1ccccn1. The van der Waals surface area contributed by atoms with Crippen LogP contribution in [0.2, 0.25) is 5.02 Å². The molecule has 5 aromatic rings. The van der Waals surface area contributed by atoms with Crippen molar-refractivity contribution in [2.24, 2.45) is 0 Å². The number of rotatable bonds is 7. The maximum atomic E-state index is 14.0. The van der Waals surface area contributed by atoms with Crippen LogP contribution in [0.5, 0.6) is 0 Å². The highest BCUT2D eigenvalue weighted by Crippen LogP contribution is 2.49. The van der Waals surface area contributed by atoms with E-state index < -0.39 is 5.82 Å². The molecule has 6 rings (SSSR count). The largest absolute Gasteiger partial charge is 0.349 e. The van der Waals surface area contributed by atoms with Gasteiger partial charge in [0, 0.05) is 22.3 Å². The number of amides is 2. The Bertz CT molecular complexity index is 1730. The van der Waals surface area contributed by atoms with Crippen LogP contribution in [0.15, 0.2) is 103 Å². The number of pyridine rings is 1. The molecular formula is C32H25ClFN5O2S. The minimum absolute atomic E-state index is 0.107. The summed E-state index contributed by atoms with van der Waals surface area (Å²) < 4.78 is 15.6. The highest BCUT2D eigenvalue weighted by molar-refractivity contribution is 8.00. The van der Waals surface area contributed by atoms with Crippen molar-refractivity contribution < 1.29 is 14.0 Å². The lowest BCUT2D eigenvalue weighted by atomic mass is 9.99. The molecule has 1 atom stereocenters. The van der Waals surface area contributed by atoms with E-state index in [1.54, 1.807) is 29.1 Å². The molecule has 1 unspecified atom stereocenters. The van der Waals surface area contributed by atoms with Gasteiger partial charge in [0.2, 0.25) is 11.8 Å². The van der Waals surface area contributed by atoms with Gasteiger partial charge in [0.1, 0.15) is 18.2 Å². The van der Waals surface area contributed by atoms with E-state index in [4.69, 9.17) is 16.7 Å². The Labute approximate surface area is 251 Å². The average molecular weight is 598 g/mol. The Morgan fingerprint density at radius 1 is 0.976 bits per heavy atom. The molecule has 2 amide bonds. The van der Waals surface area contributed by atoms with E-state index in [1.807, 2.05) is 66.7 Å². The minimum atomic E-state index is -0.397. The molecule has 0 saturated carbocycles. The van der Waals surface area contributed by atoms with Gasteiger partial charge in [0.05, 0.1) is 34.6 Å². The Morgan fingerprint density at radius 3 is 2.45 bits per heavy atom. The van der Waals surface area contributed by atoms with Crippen molar-refractivity contribution in [3.63, 3.8) is 0 Å². The smallest absolute Gasteiger partial charge is 0.240 e. The number of hydrogen-bond donors (Lipinski definition) is 1. The van der Waals surface area contributed by atoms with Crippen LogP contribution < -0.4 is 10.2 Å². The highest BCUT2D eigenvalue weighted by atomic mass is 35.5. The maximum absolute atomic E-state index is 14.0. The fourth-order valence-electron chi connectivity index (χ4n) is 4.92. The van der Waals surface area contributed by atoms with Crippen molar-refractivity contribution in [1.29, 1.82) is 0 Å². The molecule has 3 heterocycles. The Kier molecular flexibility index (Phi) is 8.03. The first kappa shape index (κ1) is 27.7. The number of fused-ring (bicyclic) bond motifs is 1. The van der Waals surface area contributed by atoms with E-state index in [0.717, 1.165) is 16.7 Å². The van der Waals surface area contributed by atoms with Crippen LogP contribution in [-0.4, -0.2) is 38.9 Å². The van der Waals surface area contributed by atoms with Gasteiger partial charge in [-0.25, -0.2) is 9.07 Å². The van der Waals surface area contributed by atoms with E-state index in [-0.39, 0.29) is 35.9 Å². The Hall–Kier alpha value is -4.47. The lowest BCUT2D eigenvalue weighted by Gasteiger charge is -2.23. The van der Waals surface area contributed by atoms with Crippen LogP contribution >= 0.6 is 23.4 Å². The number of aromatic nitrogens is 3. The fraction of sp³-hybridized carbons (Fsp3) is 0.125. The lowest BCUT2D eigenvalue weighted by Crippen LogP contribution is -2.42. The third kappa shape index (κ3) is 5.66. The molecule has 0 aliphatic carbocycles. The summed E-state index contributed by atoms with van der Waals surface area (Å²) in [6.45, 7) is -0.0202. The minimum Gasteiger partial charge on any atom is -0.349 e. The van der Waals surface area contributed by atoms with Gasteiger partial charge < -0.3 is 5.32 Å². The molecule has 10 heteroatoms. The Balaban J connectivity index is 1.52. The van der Waals surface area contributed by atoms with Gasteiger partial charge in [-0.1, -0.05) is 66.2 Å². The third-order valence-corrected chi connectivity index (χ3v) is 8.47. The van der Waals surface area contributed by atoms with E-state index in [9.17, 15) is 14.0 Å². The second kappa shape index (κ2) is 12.2. The van der Waals surface area contributed by atoms with Crippen LogP contribution in [0.3, 0.4) is 0 Å². The van der Waals surface area contributed by atoms with Crippen molar-refractivity contribution in [2.75, 3.05) is 17.2 Å². The van der Waals surface area contributed by atoms with Crippen molar-refractivity contribution in [3.8, 4) is 16.9 Å². The summed E-state index contributed by atoms with van der Waals surface area (Å²) in [7, 11) is 0. The molecular weight excluding hydrogens is 573 g/mol. The zero-order valence-corrected chi connectivity index (χ0v) is 23.9. The number of thioether (sulfide) groups is 1. The van der Waals surface area contributed by atoms with E-state index in [2.05, 4.69) is 10.3 Å². The van der Waals surface area contributed by atoms with Gasteiger partial charge >= 0.3 is 0 Å².